The summed E-state index contributed by atoms with van der Waals surface area (Å²) in [6.07, 6.45) is 1.58. The smallest absolute Gasteiger partial charge is 0.153 e. The molecule has 0 radical (unpaired) electrons. The molecule has 13 heavy (non-hydrogen) atoms. The van der Waals surface area contributed by atoms with Gasteiger partial charge in [0.25, 0.3) is 0 Å². The molecule has 0 aliphatic heterocycles. The van der Waals surface area contributed by atoms with Crippen LogP contribution in [0.25, 0.3) is 0 Å². The molecule has 0 bridgehead atoms. The van der Waals surface area contributed by atoms with Crippen molar-refractivity contribution < 1.29 is 13.5 Å². The lowest BCUT2D eigenvalue weighted by Gasteiger charge is -2.31. The zero-order chi connectivity index (χ0) is 10.1. The fourth-order valence-corrected chi connectivity index (χ4v) is 3.76. The van der Waals surface area contributed by atoms with Crippen molar-refractivity contribution >= 4 is 9.84 Å². The highest BCUT2D eigenvalue weighted by atomic mass is 32.2. The Hall–Kier alpha value is -0.0900. The summed E-state index contributed by atoms with van der Waals surface area (Å²) in [6, 6.07) is 0. The van der Waals surface area contributed by atoms with Crippen molar-refractivity contribution in [3.8, 4) is 0 Å². The Balaban J connectivity index is 2.77. The van der Waals surface area contributed by atoms with Gasteiger partial charge in [-0.2, -0.15) is 0 Å². The van der Waals surface area contributed by atoms with E-state index in [9.17, 15) is 13.5 Å². The van der Waals surface area contributed by atoms with Crippen LogP contribution in [0.15, 0.2) is 0 Å². The van der Waals surface area contributed by atoms with Gasteiger partial charge in [-0.1, -0.05) is 13.8 Å². The van der Waals surface area contributed by atoms with Crippen molar-refractivity contribution in [1.29, 1.82) is 0 Å². The maximum atomic E-state index is 11.6. The van der Waals surface area contributed by atoms with Gasteiger partial charge < -0.3 is 5.11 Å². The second-order valence-corrected chi connectivity index (χ2v) is 6.44. The lowest BCUT2D eigenvalue weighted by Crippen LogP contribution is -2.37. The summed E-state index contributed by atoms with van der Waals surface area (Å²) in [5, 5.41) is 9.07. The monoisotopic (exact) mass is 206 g/mol. The Bertz CT molecular complexity index is 258. The van der Waals surface area contributed by atoms with Gasteiger partial charge in [-0.05, 0) is 25.2 Å². The highest BCUT2D eigenvalue weighted by Crippen LogP contribution is 2.29. The molecule has 0 amide bonds. The van der Waals surface area contributed by atoms with E-state index in [-0.39, 0.29) is 16.9 Å². The van der Waals surface area contributed by atoms with Gasteiger partial charge in [-0.15, -0.1) is 0 Å². The molecule has 0 aromatic rings. The molecule has 1 N–H and O–H groups in total. The van der Waals surface area contributed by atoms with Gasteiger partial charge in [-0.25, -0.2) is 8.42 Å². The molecule has 1 aliphatic carbocycles. The number of rotatable bonds is 2. The van der Waals surface area contributed by atoms with Crippen LogP contribution in [0.2, 0.25) is 0 Å². The number of hydrogen-bond acceptors (Lipinski definition) is 3. The van der Waals surface area contributed by atoms with Crippen LogP contribution in [-0.4, -0.2) is 30.6 Å². The molecule has 0 aromatic heterocycles. The lowest BCUT2D eigenvalue weighted by atomic mass is 9.88. The van der Waals surface area contributed by atoms with E-state index >= 15 is 0 Å². The van der Waals surface area contributed by atoms with Crippen LogP contribution < -0.4 is 0 Å². The van der Waals surface area contributed by atoms with Gasteiger partial charge in [-0.3, -0.25) is 0 Å². The predicted molar refractivity (Wildman–Crippen MR) is 52.3 cm³/mol. The molecule has 1 aliphatic rings. The minimum atomic E-state index is -2.96. The van der Waals surface area contributed by atoms with Crippen LogP contribution in [0.4, 0.5) is 0 Å². The van der Waals surface area contributed by atoms with E-state index in [1.54, 1.807) is 6.92 Å². The van der Waals surface area contributed by atoms with Crippen LogP contribution in [0.5, 0.6) is 0 Å². The van der Waals surface area contributed by atoms with Gasteiger partial charge in [0, 0.05) is 5.75 Å². The molecule has 3 atom stereocenters. The highest BCUT2D eigenvalue weighted by molar-refractivity contribution is 7.92. The molecule has 4 heteroatoms. The quantitative estimate of drug-likeness (QED) is 0.732. The standard InChI is InChI=1S/C9H18O3S/c1-3-13(11,12)9-6-8(10)5-4-7(9)2/h7-10H,3-6H2,1-2H3. The molecule has 78 valence electrons. The first kappa shape index (κ1) is 11.0. The van der Waals surface area contributed by atoms with Crippen LogP contribution in [0, 0.1) is 5.92 Å². The minimum Gasteiger partial charge on any atom is -0.393 e. The van der Waals surface area contributed by atoms with Gasteiger partial charge in [0.2, 0.25) is 0 Å². The topological polar surface area (TPSA) is 54.4 Å². The van der Waals surface area contributed by atoms with Crippen molar-refractivity contribution in [2.24, 2.45) is 5.92 Å². The SMILES string of the molecule is CCS(=O)(=O)C1CC(O)CCC1C. The maximum absolute atomic E-state index is 11.6. The molecule has 0 saturated heterocycles. The summed E-state index contributed by atoms with van der Waals surface area (Å²) in [7, 11) is -2.96. The molecular weight excluding hydrogens is 188 g/mol. The first-order valence-electron chi connectivity index (χ1n) is 4.87. The molecule has 1 fully saturated rings. The van der Waals surface area contributed by atoms with Gasteiger partial charge in [0.1, 0.15) is 0 Å². The Morgan fingerprint density at radius 1 is 1.38 bits per heavy atom. The van der Waals surface area contributed by atoms with E-state index in [0.29, 0.717) is 6.42 Å². The molecule has 0 aromatic carbocycles. The average Bonchev–Trinajstić information content (AvgIpc) is 2.09. The van der Waals surface area contributed by atoms with E-state index in [0.717, 1.165) is 12.8 Å². The Morgan fingerprint density at radius 3 is 2.54 bits per heavy atom. The average molecular weight is 206 g/mol. The summed E-state index contributed by atoms with van der Waals surface area (Å²) >= 11 is 0. The van der Waals surface area contributed by atoms with Crippen molar-refractivity contribution in [3.63, 3.8) is 0 Å². The largest absolute Gasteiger partial charge is 0.393 e. The molecule has 0 heterocycles. The lowest BCUT2D eigenvalue weighted by molar-refractivity contribution is 0.114. The van der Waals surface area contributed by atoms with Crippen LogP contribution in [0.1, 0.15) is 33.1 Å². The maximum Gasteiger partial charge on any atom is 0.153 e. The summed E-state index contributed by atoms with van der Waals surface area (Å²) in [5.74, 6) is 0.391. The van der Waals surface area contributed by atoms with Crippen molar-refractivity contribution in [2.75, 3.05) is 5.75 Å². The highest BCUT2D eigenvalue weighted by Gasteiger charge is 2.34. The third-order valence-electron chi connectivity index (χ3n) is 2.96. The zero-order valence-electron chi connectivity index (χ0n) is 8.23. The van der Waals surface area contributed by atoms with Crippen LogP contribution in [-0.2, 0) is 9.84 Å². The summed E-state index contributed by atoms with van der Waals surface area (Å²) in [4.78, 5) is 0. The normalized spacial score (nSPS) is 36.1. The zero-order valence-corrected chi connectivity index (χ0v) is 9.05. The molecule has 3 nitrogen and oxygen atoms in total. The van der Waals surface area contributed by atoms with E-state index in [1.807, 2.05) is 6.92 Å². The fraction of sp³-hybridized carbons (Fsp3) is 1.00. The minimum absolute atomic E-state index is 0.189. The van der Waals surface area contributed by atoms with Crippen molar-refractivity contribution in [2.45, 2.75) is 44.5 Å². The molecule has 1 saturated carbocycles. The Morgan fingerprint density at radius 2 is 2.00 bits per heavy atom. The third kappa shape index (κ3) is 2.44. The fourth-order valence-electron chi connectivity index (χ4n) is 1.97. The molecule has 0 spiro atoms. The first-order valence-corrected chi connectivity index (χ1v) is 6.58. The van der Waals surface area contributed by atoms with Gasteiger partial charge in [0.15, 0.2) is 9.84 Å². The van der Waals surface area contributed by atoms with E-state index in [2.05, 4.69) is 0 Å². The third-order valence-corrected chi connectivity index (χ3v) is 5.34. The van der Waals surface area contributed by atoms with Crippen LogP contribution in [0.3, 0.4) is 0 Å². The van der Waals surface area contributed by atoms with Gasteiger partial charge in [0.05, 0.1) is 11.4 Å². The Kier molecular flexibility index (Phi) is 3.35. The number of aliphatic hydroxyl groups is 1. The summed E-state index contributed by atoms with van der Waals surface area (Å²) in [5.41, 5.74) is 0. The van der Waals surface area contributed by atoms with Crippen molar-refractivity contribution in [1.82, 2.24) is 0 Å². The van der Waals surface area contributed by atoms with E-state index < -0.39 is 15.9 Å². The first-order chi connectivity index (χ1) is 5.97. The summed E-state index contributed by atoms with van der Waals surface area (Å²) in [6.45, 7) is 3.63. The predicted octanol–water partition coefficient (Wildman–Crippen LogP) is 0.971. The number of aliphatic hydroxyl groups excluding tert-OH is 1. The van der Waals surface area contributed by atoms with E-state index in [4.69, 9.17) is 0 Å². The molecular formula is C9H18O3S. The number of hydrogen-bond donors (Lipinski definition) is 1. The summed E-state index contributed by atoms with van der Waals surface area (Å²) < 4.78 is 23.2. The van der Waals surface area contributed by atoms with Gasteiger partial charge >= 0.3 is 0 Å². The number of sulfone groups is 1. The molecule has 1 rings (SSSR count). The second kappa shape index (κ2) is 3.96. The van der Waals surface area contributed by atoms with Crippen molar-refractivity contribution in [3.05, 3.63) is 0 Å². The van der Waals surface area contributed by atoms with E-state index in [1.165, 1.54) is 0 Å². The Labute approximate surface area is 80.1 Å². The van der Waals surface area contributed by atoms with Crippen LogP contribution >= 0.6 is 0 Å². The molecule has 3 unspecified atom stereocenters. The second-order valence-electron chi connectivity index (χ2n) is 3.93.